The Bertz CT molecular complexity index is 561. The molecule has 0 bridgehead atoms. The Balaban J connectivity index is 2.37. The van der Waals surface area contributed by atoms with E-state index in [9.17, 15) is 8.42 Å². The van der Waals surface area contributed by atoms with Gasteiger partial charge in [-0.2, -0.15) is 4.31 Å². The van der Waals surface area contributed by atoms with Gasteiger partial charge in [-0.1, -0.05) is 17.7 Å². The summed E-state index contributed by atoms with van der Waals surface area (Å²) >= 11 is 5.98. The highest BCUT2D eigenvalue weighted by molar-refractivity contribution is 7.89. The Labute approximate surface area is 123 Å². The van der Waals surface area contributed by atoms with Crippen LogP contribution in [0.15, 0.2) is 23.1 Å². The second kappa shape index (κ2) is 5.87. The van der Waals surface area contributed by atoms with Crippen LogP contribution in [0.3, 0.4) is 0 Å². The molecule has 0 aromatic heterocycles. The number of nitrogens with two attached hydrogens (primary N) is 1. The second-order valence-corrected chi connectivity index (χ2v) is 6.81. The summed E-state index contributed by atoms with van der Waals surface area (Å²) < 4.78 is 37.1. The van der Waals surface area contributed by atoms with Crippen LogP contribution < -0.4 is 5.73 Å². The maximum absolute atomic E-state index is 12.6. The molecular weight excluding hydrogens is 304 g/mol. The van der Waals surface area contributed by atoms with Crippen molar-refractivity contribution < 1.29 is 17.9 Å². The minimum absolute atomic E-state index is 0.0618. The molecule has 1 heterocycles. The quantitative estimate of drug-likeness (QED) is 0.836. The first-order valence-electron chi connectivity index (χ1n) is 6.01. The van der Waals surface area contributed by atoms with E-state index in [1.54, 1.807) is 6.07 Å². The van der Waals surface area contributed by atoms with Crippen LogP contribution in [0.2, 0.25) is 5.02 Å². The molecular formula is C12H17ClN2O4S. The molecule has 1 aliphatic heterocycles. The molecule has 2 N–H and O–H groups in total. The summed E-state index contributed by atoms with van der Waals surface area (Å²) in [5, 5.41) is 0.111. The molecule has 2 unspecified atom stereocenters. The van der Waals surface area contributed by atoms with Crippen LogP contribution in [-0.4, -0.2) is 52.2 Å². The van der Waals surface area contributed by atoms with Crippen molar-refractivity contribution in [2.75, 3.05) is 33.0 Å². The number of halogens is 1. The van der Waals surface area contributed by atoms with E-state index in [1.165, 1.54) is 30.7 Å². The molecule has 1 aliphatic rings. The molecule has 2 atom stereocenters. The Morgan fingerprint density at radius 1 is 1.25 bits per heavy atom. The number of benzene rings is 1. The number of anilines is 1. The first kappa shape index (κ1) is 15.5. The van der Waals surface area contributed by atoms with Gasteiger partial charge in [0.15, 0.2) is 0 Å². The first-order valence-corrected chi connectivity index (χ1v) is 7.83. The lowest BCUT2D eigenvalue weighted by Gasteiger charge is -2.18. The number of nitrogens with zero attached hydrogens (tertiary/aromatic N) is 1. The molecule has 0 amide bonds. The zero-order chi connectivity index (χ0) is 14.9. The molecule has 20 heavy (non-hydrogen) atoms. The number of hydrogen-bond donors (Lipinski definition) is 1. The molecule has 1 saturated heterocycles. The van der Waals surface area contributed by atoms with Crippen molar-refractivity contribution in [3.8, 4) is 0 Å². The standard InChI is InChI=1S/C12H17ClN2O4S/c1-18-10-6-15(7-11(10)19-2)20(16,17)12-8(13)4-3-5-9(12)14/h3-5,10-11H,6-7,14H2,1-2H3. The van der Waals surface area contributed by atoms with Crippen molar-refractivity contribution in [1.82, 2.24) is 4.31 Å². The summed E-state index contributed by atoms with van der Waals surface area (Å²) in [5.41, 5.74) is 5.89. The third kappa shape index (κ3) is 2.64. The average molecular weight is 321 g/mol. The molecule has 112 valence electrons. The van der Waals surface area contributed by atoms with Gasteiger partial charge in [-0.15, -0.1) is 0 Å². The Morgan fingerprint density at radius 3 is 2.25 bits per heavy atom. The van der Waals surface area contributed by atoms with E-state index in [1.807, 2.05) is 0 Å². The lowest BCUT2D eigenvalue weighted by molar-refractivity contribution is -0.00461. The smallest absolute Gasteiger partial charge is 0.246 e. The van der Waals surface area contributed by atoms with Gasteiger partial charge >= 0.3 is 0 Å². The van der Waals surface area contributed by atoms with Crippen LogP contribution in [-0.2, 0) is 19.5 Å². The molecule has 1 fully saturated rings. The molecule has 0 aliphatic carbocycles. The minimum atomic E-state index is -3.77. The molecule has 0 radical (unpaired) electrons. The van der Waals surface area contributed by atoms with E-state index < -0.39 is 10.0 Å². The number of nitrogen functional groups attached to an aromatic ring is 1. The van der Waals surface area contributed by atoms with Crippen LogP contribution in [0.4, 0.5) is 5.69 Å². The van der Waals surface area contributed by atoms with Gasteiger partial charge in [0, 0.05) is 27.3 Å². The molecule has 1 aromatic rings. The summed E-state index contributed by atoms with van der Waals surface area (Å²) in [7, 11) is -0.721. The van der Waals surface area contributed by atoms with Gasteiger partial charge in [-0.25, -0.2) is 8.42 Å². The fourth-order valence-corrected chi connectivity index (χ4v) is 4.39. The van der Waals surface area contributed by atoms with Crippen LogP contribution >= 0.6 is 11.6 Å². The van der Waals surface area contributed by atoms with Crippen molar-refractivity contribution in [2.45, 2.75) is 17.1 Å². The summed E-state index contributed by atoms with van der Waals surface area (Å²) in [4.78, 5) is -0.0618. The zero-order valence-electron chi connectivity index (χ0n) is 11.2. The van der Waals surface area contributed by atoms with E-state index in [4.69, 9.17) is 26.8 Å². The van der Waals surface area contributed by atoms with E-state index >= 15 is 0 Å². The summed E-state index contributed by atoms with van der Waals surface area (Å²) in [5.74, 6) is 0. The van der Waals surface area contributed by atoms with Crippen LogP contribution in [0.1, 0.15) is 0 Å². The Hall–Kier alpha value is -0.860. The van der Waals surface area contributed by atoms with Crippen LogP contribution in [0, 0.1) is 0 Å². The Morgan fingerprint density at radius 2 is 1.80 bits per heavy atom. The third-order valence-corrected chi connectivity index (χ3v) is 5.76. The number of ether oxygens (including phenoxy) is 2. The van der Waals surface area contributed by atoms with Gasteiger partial charge in [0.2, 0.25) is 10.0 Å². The first-order chi connectivity index (χ1) is 9.41. The van der Waals surface area contributed by atoms with Gasteiger partial charge in [-0.3, -0.25) is 0 Å². The van der Waals surface area contributed by atoms with E-state index in [2.05, 4.69) is 0 Å². The van der Waals surface area contributed by atoms with Gasteiger partial charge < -0.3 is 15.2 Å². The highest BCUT2D eigenvalue weighted by Crippen LogP contribution is 2.32. The molecule has 2 rings (SSSR count). The molecule has 8 heteroatoms. The third-order valence-electron chi connectivity index (χ3n) is 3.38. The highest BCUT2D eigenvalue weighted by Gasteiger charge is 2.41. The maximum atomic E-state index is 12.6. The van der Waals surface area contributed by atoms with Crippen molar-refractivity contribution in [1.29, 1.82) is 0 Å². The maximum Gasteiger partial charge on any atom is 0.246 e. The number of methoxy groups -OCH3 is 2. The van der Waals surface area contributed by atoms with Crippen molar-refractivity contribution in [3.63, 3.8) is 0 Å². The molecule has 1 aromatic carbocycles. The molecule has 6 nitrogen and oxygen atoms in total. The van der Waals surface area contributed by atoms with E-state index in [0.717, 1.165) is 0 Å². The summed E-state index contributed by atoms with van der Waals surface area (Å²) in [6, 6.07) is 4.62. The zero-order valence-corrected chi connectivity index (χ0v) is 12.8. The van der Waals surface area contributed by atoms with Gasteiger partial charge in [0.25, 0.3) is 0 Å². The molecule has 0 saturated carbocycles. The SMILES string of the molecule is COC1CN(S(=O)(=O)c2c(N)cccc2Cl)CC1OC. The van der Waals surface area contributed by atoms with E-state index in [0.29, 0.717) is 0 Å². The summed E-state index contributed by atoms with van der Waals surface area (Å²) in [6.07, 6.45) is -0.614. The fourth-order valence-electron chi connectivity index (χ4n) is 2.29. The van der Waals surface area contributed by atoms with Crippen molar-refractivity contribution in [3.05, 3.63) is 23.2 Å². The number of rotatable bonds is 4. The predicted octanol–water partition coefficient (Wildman–Crippen LogP) is 0.956. The summed E-state index contributed by atoms with van der Waals surface area (Å²) in [6.45, 7) is 0.421. The van der Waals surface area contributed by atoms with Gasteiger partial charge in [0.05, 0.1) is 22.9 Å². The van der Waals surface area contributed by atoms with Gasteiger partial charge in [0.1, 0.15) is 4.90 Å². The van der Waals surface area contributed by atoms with Gasteiger partial charge in [-0.05, 0) is 12.1 Å². The normalized spacial score (nSPS) is 24.1. The monoisotopic (exact) mass is 320 g/mol. The fraction of sp³-hybridized carbons (Fsp3) is 0.500. The number of hydrogen-bond acceptors (Lipinski definition) is 5. The lowest BCUT2D eigenvalue weighted by Crippen LogP contribution is -2.31. The minimum Gasteiger partial charge on any atom is -0.398 e. The van der Waals surface area contributed by atoms with Crippen molar-refractivity contribution in [2.24, 2.45) is 0 Å². The second-order valence-electron chi connectivity index (χ2n) is 4.53. The predicted molar refractivity (Wildman–Crippen MR) is 76.2 cm³/mol. The van der Waals surface area contributed by atoms with Crippen LogP contribution in [0.5, 0.6) is 0 Å². The van der Waals surface area contributed by atoms with Crippen molar-refractivity contribution >= 4 is 27.3 Å². The van der Waals surface area contributed by atoms with E-state index in [-0.39, 0.29) is 40.9 Å². The highest BCUT2D eigenvalue weighted by atomic mass is 35.5. The topological polar surface area (TPSA) is 81.9 Å². The number of sulfonamides is 1. The molecule has 0 spiro atoms. The largest absolute Gasteiger partial charge is 0.398 e. The lowest BCUT2D eigenvalue weighted by atomic mass is 10.3. The van der Waals surface area contributed by atoms with Crippen LogP contribution in [0.25, 0.3) is 0 Å². The Kier molecular flexibility index (Phi) is 4.55. The average Bonchev–Trinajstić information content (AvgIpc) is 2.82.